The second kappa shape index (κ2) is 4.91. The summed E-state index contributed by atoms with van der Waals surface area (Å²) >= 11 is 0. The normalized spacial score (nSPS) is 10.5. The quantitative estimate of drug-likeness (QED) is 0.721. The number of aromatic nitrogens is 2. The lowest BCUT2D eigenvalue weighted by atomic mass is 10.1. The van der Waals surface area contributed by atoms with Crippen molar-refractivity contribution in [3.8, 4) is 22.9 Å². The lowest BCUT2D eigenvalue weighted by molar-refractivity contribution is 0.404. The molecule has 1 aromatic heterocycles. The van der Waals surface area contributed by atoms with E-state index >= 15 is 0 Å². The molecule has 94 valence electrons. The fraction of sp³-hybridized carbons (Fsp3) is 0.231. The van der Waals surface area contributed by atoms with Crippen molar-refractivity contribution in [3.05, 3.63) is 40.3 Å². The fourth-order valence-electron chi connectivity index (χ4n) is 1.70. The highest BCUT2D eigenvalue weighted by Gasteiger charge is 2.06. The van der Waals surface area contributed by atoms with Crippen molar-refractivity contribution in [1.82, 2.24) is 9.97 Å². The zero-order valence-electron chi connectivity index (χ0n) is 9.97. The Bertz CT molecular complexity index is 620. The molecule has 0 saturated carbocycles. The van der Waals surface area contributed by atoms with E-state index in [0.717, 1.165) is 12.8 Å². The van der Waals surface area contributed by atoms with Crippen LogP contribution in [0.1, 0.15) is 19.0 Å². The molecule has 2 aromatic rings. The van der Waals surface area contributed by atoms with E-state index in [9.17, 15) is 15.0 Å². The van der Waals surface area contributed by atoms with Gasteiger partial charge in [-0.25, -0.2) is 4.98 Å². The highest BCUT2D eigenvalue weighted by atomic mass is 16.3. The van der Waals surface area contributed by atoms with Crippen LogP contribution in [0.3, 0.4) is 0 Å². The summed E-state index contributed by atoms with van der Waals surface area (Å²) in [5.74, 6) is -0.0527. The molecule has 18 heavy (non-hydrogen) atoms. The SMILES string of the molecule is CCCc1cc(=O)[nH]c(-c2ccc(O)c(O)c2)n1. The Kier molecular flexibility index (Phi) is 3.32. The number of nitrogens with zero attached hydrogens (tertiary/aromatic N) is 1. The van der Waals surface area contributed by atoms with E-state index in [-0.39, 0.29) is 17.1 Å². The van der Waals surface area contributed by atoms with Crippen LogP contribution in [0.4, 0.5) is 0 Å². The Morgan fingerprint density at radius 3 is 2.67 bits per heavy atom. The summed E-state index contributed by atoms with van der Waals surface area (Å²) < 4.78 is 0. The number of phenolic OH excluding ortho intramolecular Hbond substituents is 2. The molecule has 0 unspecified atom stereocenters. The van der Waals surface area contributed by atoms with Gasteiger partial charge in [-0.05, 0) is 24.6 Å². The van der Waals surface area contributed by atoms with Crippen molar-refractivity contribution in [2.24, 2.45) is 0 Å². The number of hydrogen-bond donors (Lipinski definition) is 3. The minimum atomic E-state index is -0.240. The van der Waals surface area contributed by atoms with Crippen LogP contribution in [0.2, 0.25) is 0 Å². The Labute approximate surface area is 104 Å². The maximum absolute atomic E-state index is 11.5. The molecule has 2 rings (SSSR count). The number of aromatic amines is 1. The van der Waals surface area contributed by atoms with Crippen LogP contribution in [0, 0.1) is 0 Å². The second-order valence-corrected chi connectivity index (χ2v) is 4.04. The second-order valence-electron chi connectivity index (χ2n) is 4.04. The third kappa shape index (κ3) is 2.51. The van der Waals surface area contributed by atoms with Crippen LogP contribution < -0.4 is 5.56 Å². The van der Waals surface area contributed by atoms with E-state index in [0.29, 0.717) is 17.1 Å². The number of rotatable bonds is 3. The van der Waals surface area contributed by atoms with Gasteiger partial charge in [0.05, 0.1) is 0 Å². The molecule has 0 aliphatic heterocycles. The predicted octanol–water partition coefficient (Wildman–Crippen LogP) is 1.80. The zero-order valence-corrected chi connectivity index (χ0v) is 9.97. The zero-order chi connectivity index (χ0) is 13.1. The van der Waals surface area contributed by atoms with Gasteiger partial charge in [0.25, 0.3) is 5.56 Å². The summed E-state index contributed by atoms with van der Waals surface area (Å²) in [5.41, 5.74) is 1.04. The Balaban J connectivity index is 2.49. The molecule has 1 aromatic carbocycles. The van der Waals surface area contributed by atoms with Crippen molar-refractivity contribution in [2.75, 3.05) is 0 Å². The topological polar surface area (TPSA) is 86.2 Å². The molecule has 1 heterocycles. The third-order valence-corrected chi connectivity index (χ3v) is 2.55. The van der Waals surface area contributed by atoms with Gasteiger partial charge in [0.2, 0.25) is 0 Å². The van der Waals surface area contributed by atoms with Gasteiger partial charge in [-0.15, -0.1) is 0 Å². The number of phenols is 2. The molecule has 0 saturated heterocycles. The van der Waals surface area contributed by atoms with Gasteiger partial charge >= 0.3 is 0 Å². The van der Waals surface area contributed by atoms with E-state index in [2.05, 4.69) is 9.97 Å². The Hall–Kier alpha value is -2.30. The van der Waals surface area contributed by atoms with Gasteiger partial charge in [-0.3, -0.25) is 4.79 Å². The number of H-pyrrole nitrogens is 1. The molecular weight excluding hydrogens is 232 g/mol. The highest BCUT2D eigenvalue weighted by Crippen LogP contribution is 2.28. The average Bonchev–Trinajstić information content (AvgIpc) is 2.32. The number of aromatic hydroxyl groups is 2. The monoisotopic (exact) mass is 246 g/mol. The Morgan fingerprint density at radius 2 is 2.00 bits per heavy atom. The molecule has 0 fully saturated rings. The summed E-state index contributed by atoms with van der Waals surface area (Å²) in [4.78, 5) is 18.4. The molecule has 0 bridgehead atoms. The van der Waals surface area contributed by atoms with Crippen molar-refractivity contribution in [1.29, 1.82) is 0 Å². The van der Waals surface area contributed by atoms with E-state index in [4.69, 9.17) is 0 Å². The number of hydrogen-bond acceptors (Lipinski definition) is 4. The first-order valence-electron chi connectivity index (χ1n) is 5.72. The van der Waals surface area contributed by atoms with E-state index < -0.39 is 0 Å². The van der Waals surface area contributed by atoms with Gasteiger partial charge in [-0.1, -0.05) is 13.3 Å². The number of benzene rings is 1. The molecule has 5 nitrogen and oxygen atoms in total. The molecule has 5 heteroatoms. The van der Waals surface area contributed by atoms with Crippen LogP contribution >= 0.6 is 0 Å². The molecule has 3 N–H and O–H groups in total. The fourth-order valence-corrected chi connectivity index (χ4v) is 1.70. The summed E-state index contributed by atoms with van der Waals surface area (Å²) in [6.07, 6.45) is 1.62. The lowest BCUT2D eigenvalue weighted by Crippen LogP contribution is -2.10. The molecule has 0 aliphatic carbocycles. The van der Waals surface area contributed by atoms with Gasteiger partial charge in [0.15, 0.2) is 11.5 Å². The van der Waals surface area contributed by atoms with Crippen molar-refractivity contribution in [3.63, 3.8) is 0 Å². The van der Waals surface area contributed by atoms with Crippen molar-refractivity contribution < 1.29 is 10.2 Å². The molecule has 0 aliphatic rings. The first kappa shape index (κ1) is 12.2. The van der Waals surface area contributed by atoms with Gasteiger partial charge in [0, 0.05) is 17.3 Å². The van der Waals surface area contributed by atoms with Crippen LogP contribution in [-0.2, 0) is 6.42 Å². The number of nitrogens with one attached hydrogen (secondary N) is 1. The first-order chi connectivity index (χ1) is 8.60. The van der Waals surface area contributed by atoms with Gasteiger partial charge in [-0.2, -0.15) is 0 Å². The predicted molar refractivity (Wildman–Crippen MR) is 67.6 cm³/mol. The van der Waals surface area contributed by atoms with Crippen LogP contribution in [0.25, 0.3) is 11.4 Å². The minimum Gasteiger partial charge on any atom is -0.504 e. The molecule has 0 atom stereocenters. The highest BCUT2D eigenvalue weighted by molar-refractivity contribution is 5.60. The average molecular weight is 246 g/mol. The summed E-state index contributed by atoms with van der Waals surface area (Å²) in [6.45, 7) is 2.01. The largest absolute Gasteiger partial charge is 0.504 e. The standard InChI is InChI=1S/C13H14N2O3/c1-2-3-9-7-12(18)15-13(14-9)8-4-5-10(16)11(17)6-8/h4-7,16-17H,2-3H2,1H3,(H,14,15,18). The van der Waals surface area contributed by atoms with E-state index in [1.165, 1.54) is 18.2 Å². The van der Waals surface area contributed by atoms with E-state index in [1.807, 2.05) is 6.92 Å². The molecule has 0 radical (unpaired) electrons. The maximum atomic E-state index is 11.5. The van der Waals surface area contributed by atoms with Crippen LogP contribution in [-0.4, -0.2) is 20.2 Å². The summed E-state index contributed by atoms with van der Waals surface area (Å²) in [5, 5.41) is 18.7. The van der Waals surface area contributed by atoms with Crippen LogP contribution in [0.15, 0.2) is 29.1 Å². The minimum absolute atomic E-state index is 0.203. The van der Waals surface area contributed by atoms with Crippen molar-refractivity contribution >= 4 is 0 Å². The third-order valence-electron chi connectivity index (χ3n) is 2.55. The number of aryl methyl sites for hydroxylation is 1. The van der Waals surface area contributed by atoms with Gasteiger partial charge in [0.1, 0.15) is 5.82 Å². The lowest BCUT2D eigenvalue weighted by Gasteiger charge is -2.05. The molecular formula is C13H14N2O3. The van der Waals surface area contributed by atoms with Gasteiger partial charge < -0.3 is 15.2 Å². The first-order valence-corrected chi connectivity index (χ1v) is 5.72. The molecule has 0 amide bonds. The van der Waals surface area contributed by atoms with Crippen molar-refractivity contribution in [2.45, 2.75) is 19.8 Å². The Morgan fingerprint density at radius 1 is 1.22 bits per heavy atom. The van der Waals surface area contributed by atoms with Crippen LogP contribution in [0.5, 0.6) is 11.5 Å². The van der Waals surface area contributed by atoms with E-state index in [1.54, 1.807) is 6.07 Å². The summed E-state index contributed by atoms with van der Waals surface area (Å²) in [7, 11) is 0. The molecule has 0 spiro atoms. The maximum Gasteiger partial charge on any atom is 0.251 e. The smallest absolute Gasteiger partial charge is 0.251 e. The summed E-state index contributed by atoms with van der Waals surface area (Å²) in [6, 6.07) is 5.77.